The summed E-state index contributed by atoms with van der Waals surface area (Å²) >= 11 is 1.31. The van der Waals surface area contributed by atoms with Gasteiger partial charge >= 0.3 is 0 Å². The van der Waals surface area contributed by atoms with Gasteiger partial charge in [-0.15, -0.1) is 11.3 Å². The van der Waals surface area contributed by atoms with Gasteiger partial charge < -0.3 is 5.32 Å². The van der Waals surface area contributed by atoms with Crippen molar-refractivity contribution in [3.05, 3.63) is 17.0 Å². The van der Waals surface area contributed by atoms with Crippen molar-refractivity contribution in [1.82, 2.24) is 10.0 Å². The smallest absolute Gasteiger partial charge is 0.250 e. The van der Waals surface area contributed by atoms with E-state index in [4.69, 9.17) is 0 Å². The predicted molar refractivity (Wildman–Crippen MR) is 71.7 cm³/mol. The molecule has 0 bridgehead atoms. The monoisotopic (exact) mass is 276 g/mol. The molecule has 0 spiro atoms. The van der Waals surface area contributed by atoms with Crippen LogP contribution >= 0.6 is 11.3 Å². The second-order valence-electron chi connectivity index (χ2n) is 4.12. The Labute approximate surface area is 107 Å². The number of nitrogens with one attached hydrogen (secondary N) is 2. The zero-order valence-electron chi connectivity index (χ0n) is 10.5. The third-order valence-electron chi connectivity index (χ3n) is 2.57. The average molecular weight is 276 g/mol. The Morgan fingerprint density at radius 1 is 1.41 bits per heavy atom. The standard InChI is InChI=1S/C11H20N2O2S2/c1-4-9(2)7-13-17(14,15)11-6-5-10(16-11)8-12-3/h5-6,9,12-13H,4,7-8H2,1-3H3. The molecular weight excluding hydrogens is 256 g/mol. The Bertz CT molecular complexity index is 440. The molecule has 17 heavy (non-hydrogen) atoms. The number of thiophene rings is 1. The first kappa shape index (κ1) is 14.6. The van der Waals surface area contributed by atoms with Gasteiger partial charge in [0.05, 0.1) is 0 Å². The van der Waals surface area contributed by atoms with Crippen molar-refractivity contribution < 1.29 is 8.42 Å². The van der Waals surface area contributed by atoms with Gasteiger partial charge in [-0.2, -0.15) is 0 Å². The van der Waals surface area contributed by atoms with Crippen molar-refractivity contribution in [3.63, 3.8) is 0 Å². The van der Waals surface area contributed by atoms with Crippen LogP contribution in [0.1, 0.15) is 25.1 Å². The lowest BCUT2D eigenvalue weighted by atomic mass is 10.1. The van der Waals surface area contributed by atoms with Crippen LogP contribution in [0.25, 0.3) is 0 Å². The maximum atomic E-state index is 11.9. The van der Waals surface area contributed by atoms with Crippen LogP contribution in [-0.4, -0.2) is 22.0 Å². The minimum absolute atomic E-state index is 0.363. The highest BCUT2D eigenvalue weighted by atomic mass is 32.2. The zero-order chi connectivity index (χ0) is 12.9. The summed E-state index contributed by atoms with van der Waals surface area (Å²) in [4.78, 5) is 1.02. The average Bonchev–Trinajstić information content (AvgIpc) is 2.76. The molecule has 0 radical (unpaired) electrons. The van der Waals surface area contributed by atoms with E-state index in [0.717, 1.165) is 11.3 Å². The van der Waals surface area contributed by atoms with E-state index >= 15 is 0 Å². The molecule has 1 heterocycles. The van der Waals surface area contributed by atoms with Gasteiger partial charge in [0, 0.05) is 18.0 Å². The topological polar surface area (TPSA) is 58.2 Å². The fraction of sp³-hybridized carbons (Fsp3) is 0.636. The Balaban J connectivity index is 2.68. The summed E-state index contributed by atoms with van der Waals surface area (Å²) < 4.78 is 26.9. The van der Waals surface area contributed by atoms with E-state index < -0.39 is 10.0 Å². The molecule has 1 aromatic heterocycles. The second kappa shape index (κ2) is 6.49. The summed E-state index contributed by atoms with van der Waals surface area (Å²) in [6.45, 7) is 5.28. The van der Waals surface area contributed by atoms with E-state index in [0.29, 0.717) is 23.2 Å². The van der Waals surface area contributed by atoms with E-state index in [1.807, 2.05) is 20.0 Å². The van der Waals surface area contributed by atoms with Crippen LogP contribution < -0.4 is 10.0 Å². The van der Waals surface area contributed by atoms with Crippen LogP contribution in [0.4, 0.5) is 0 Å². The molecule has 0 saturated carbocycles. The summed E-state index contributed by atoms with van der Waals surface area (Å²) in [6, 6.07) is 3.51. The largest absolute Gasteiger partial charge is 0.315 e. The van der Waals surface area contributed by atoms with Gasteiger partial charge in [0.25, 0.3) is 0 Å². The van der Waals surface area contributed by atoms with Crippen LogP contribution in [0.5, 0.6) is 0 Å². The quantitative estimate of drug-likeness (QED) is 0.798. The Hall–Kier alpha value is -0.430. The van der Waals surface area contributed by atoms with Gasteiger partial charge in [-0.25, -0.2) is 13.1 Å². The van der Waals surface area contributed by atoms with Gasteiger partial charge in [-0.05, 0) is 25.1 Å². The molecule has 1 rings (SSSR count). The molecule has 1 atom stereocenters. The molecule has 98 valence electrons. The van der Waals surface area contributed by atoms with Gasteiger partial charge in [0.1, 0.15) is 4.21 Å². The van der Waals surface area contributed by atoms with Crippen LogP contribution in [0.2, 0.25) is 0 Å². The molecule has 0 saturated heterocycles. The highest BCUT2D eigenvalue weighted by molar-refractivity contribution is 7.91. The summed E-state index contributed by atoms with van der Waals surface area (Å²) in [5.41, 5.74) is 0. The minimum atomic E-state index is -3.32. The maximum absolute atomic E-state index is 11.9. The predicted octanol–water partition coefficient (Wildman–Crippen LogP) is 1.79. The fourth-order valence-electron chi connectivity index (χ4n) is 1.24. The first-order chi connectivity index (χ1) is 7.99. The molecule has 0 amide bonds. The molecule has 1 unspecified atom stereocenters. The molecule has 6 heteroatoms. The first-order valence-electron chi connectivity index (χ1n) is 5.72. The molecular formula is C11H20N2O2S2. The summed E-state index contributed by atoms with van der Waals surface area (Å²) in [5, 5.41) is 3.00. The third kappa shape index (κ3) is 4.39. The Kier molecular flexibility index (Phi) is 5.58. The first-order valence-corrected chi connectivity index (χ1v) is 8.02. The van der Waals surface area contributed by atoms with Gasteiger partial charge in [0.15, 0.2) is 0 Å². The lowest BCUT2D eigenvalue weighted by molar-refractivity contribution is 0.529. The van der Waals surface area contributed by atoms with E-state index in [1.165, 1.54) is 11.3 Å². The second-order valence-corrected chi connectivity index (χ2v) is 7.28. The minimum Gasteiger partial charge on any atom is -0.315 e. The lowest BCUT2D eigenvalue weighted by Gasteiger charge is -2.09. The third-order valence-corrected chi connectivity index (χ3v) is 5.57. The van der Waals surface area contributed by atoms with Crippen LogP contribution in [0.15, 0.2) is 16.3 Å². The summed E-state index contributed by atoms with van der Waals surface area (Å²) in [6.07, 6.45) is 0.970. The van der Waals surface area contributed by atoms with Gasteiger partial charge in [-0.3, -0.25) is 0 Å². The molecule has 0 aliphatic heterocycles. The van der Waals surface area contributed by atoms with Crippen molar-refractivity contribution in [3.8, 4) is 0 Å². The molecule has 1 aromatic rings. The van der Waals surface area contributed by atoms with Crippen molar-refractivity contribution in [1.29, 1.82) is 0 Å². The van der Waals surface area contributed by atoms with Crippen LogP contribution in [-0.2, 0) is 16.6 Å². The van der Waals surface area contributed by atoms with Crippen molar-refractivity contribution in [2.75, 3.05) is 13.6 Å². The molecule has 4 nitrogen and oxygen atoms in total. The molecule has 0 aromatic carbocycles. The number of rotatable bonds is 7. The number of hydrogen-bond donors (Lipinski definition) is 2. The van der Waals surface area contributed by atoms with Gasteiger partial charge in [0.2, 0.25) is 10.0 Å². The van der Waals surface area contributed by atoms with E-state index in [1.54, 1.807) is 6.07 Å². The van der Waals surface area contributed by atoms with E-state index in [-0.39, 0.29) is 0 Å². The Morgan fingerprint density at radius 3 is 2.71 bits per heavy atom. The summed E-state index contributed by atoms with van der Waals surface area (Å²) in [7, 11) is -1.48. The Morgan fingerprint density at radius 2 is 2.12 bits per heavy atom. The van der Waals surface area contributed by atoms with Gasteiger partial charge in [-0.1, -0.05) is 20.3 Å². The van der Waals surface area contributed by atoms with Crippen LogP contribution in [0, 0.1) is 5.92 Å². The number of hydrogen-bond acceptors (Lipinski definition) is 4. The SMILES string of the molecule is CCC(C)CNS(=O)(=O)c1ccc(CNC)s1. The lowest BCUT2D eigenvalue weighted by Crippen LogP contribution is -2.27. The normalized spacial score (nSPS) is 13.8. The summed E-state index contributed by atoms with van der Waals surface area (Å²) in [5.74, 6) is 0.363. The highest BCUT2D eigenvalue weighted by Crippen LogP contribution is 2.21. The molecule has 0 aliphatic rings. The molecule has 0 aliphatic carbocycles. The molecule has 0 fully saturated rings. The van der Waals surface area contributed by atoms with E-state index in [2.05, 4.69) is 17.0 Å². The van der Waals surface area contributed by atoms with Crippen molar-refractivity contribution in [2.24, 2.45) is 5.92 Å². The van der Waals surface area contributed by atoms with E-state index in [9.17, 15) is 8.42 Å². The zero-order valence-corrected chi connectivity index (χ0v) is 12.1. The maximum Gasteiger partial charge on any atom is 0.250 e. The highest BCUT2D eigenvalue weighted by Gasteiger charge is 2.16. The fourth-order valence-corrected chi connectivity index (χ4v) is 3.82. The van der Waals surface area contributed by atoms with Crippen molar-refractivity contribution in [2.45, 2.75) is 31.0 Å². The molecule has 2 N–H and O–H groups in total. The van der Waals surface area contributed by atoms with Crippen LogP contribution in [0.3, 0.4) is 0 Å². The number of sulfonamides is 1. The van der Waals surface area contributed by atoms with Crippen molar-refractivity contribution >= 4 is 21.4 Å².